The number of nitrogens with one attached hydrogen (secondary N) is 1. The molecule has 0 radical (unpaired) electrons. The minimum absolute atomic E-state index is 0.0704. The first-order valence-electron chi connectivity index (χ1n) is 6.84. The quantitative estimate of drug-likeness (QED) is 0.656. The summed E-state index contributed by atoms with van der Waals surface area (Å²) in [5, 5.41) is 14.0. The van der Waals surface area contributed by atoms with Gasteiger partial charge in [0.15, 0.2) is 0 Å². The molecule has 20 heavy (non-hydrogen) atoms. The first kappa shape index (κ1) is 14.5. The minimum Gasteiger partial charge on any atom is -0.341 e. The molecule has 1 fully saturated rings. The Balaban J connectivity index is 1.94. The van der Waals surface area contributed by atoms with Crippen molar-refractivity contribution in [1.29, 1.82) is 0 Å². The highest BCUT2D eigenvalue weighted by Gasteiger charge is 2.23. The van der Waals surface area contributed by atoms with E-state index in [2.05, 4.69) is 5.32 Å². The molecule has 6 heteroatoms. The second-order valence-electron chi connectivity index (χ2n) is 5.02. The van der Waals surface area contributed by atoms with Crippen LogP contribution in [0, 0.1) is 10.1 Å². The fraction of sp³-hybridized carbons (Fsp3) is 0.500. The molecule has 2 rings (SSSR count). The van der Waals surface area contributed by atoms with Crippen molar-refractivity contribution in [3.05, 3.63) is 39.9 Å². The Hall–Kier alpha value is -1.95. The third-order valence-electron chi connectivity index (χ3n) is 3.58. The largest absolute Gasteiger partial charge is 0.341 e. The van der Waals surface area contributed by atoms with Crippen molar-refractivity contribution in [3.8, 4) is 0 Å². The van der Waals surface area contributed by atoms with Gasteiger partial charge < -0.3 is 10.2 Å². The van der Waals surface area contributed by atoms with Crippen LogP contribution in [-0.2, 0) is 11.3 Å². The molecule has 0 aromatic heterocycles. The summed E-state index contributed by atoms with van der Waals surface area (Å²) >= 11 is 0. The summed E-state index contributed by atoms with van der Waals surface area (Å²) in [7, 11) is 0. The lowest BCUT2D eigenvalue weighted by Gasteiger charge is -2.21. The zero-order valence-electron chi connectivity index (χ0n) is 11.5. The first-order chi connectivity index (χ1) is 9.59. The molecular weight excluding hydrogens is 258 g/mol. The van der Waals surface area contributed by atoms with Gasteiger partial charge in [0, 0.05) is 31.3 Å². The van der Waals surface area contributed by atoms with Gasteiger partial charge in [-0.05, 0) is 19.8 Å². The van der Waals surface area contributed by atoms with Crippen LogP contribution in [0.25, 0.3) is 0 Å². The molecule has 1 unspecified atom stereocenters. The highest BCUT2D eigenvalue weighted by Crippen LogP contribution is 2.17. The second kappa shape index (κ2) is 6.47. The molecule has 1 amide bonds. The number of hydrogen-bond acceptors (Lipinski definition) is 4. The van der Waals surface area contributed by atoms with Crippen LogP contribution in [0.2, 0.25) is 0 Å². The first-order valence-corrected chi connectivity index (χ1v) is 6.84. The summed E-state index contributed by atoms with van der Waals surface area (Å²) in [5.74, 6) is 0.0704. The maximum Gasteiger partial charge on any atom is 0.273 e. The van der Waals surface area contributed by atoms with E-state index in [1.165, 1.54) is 6.07 Å². The Morgan fingerprint density at radius 1 is 1.40 bits per heavy atom. The van der Waals surface area contributed by atoms with Crippen molar-refractivity contribution in [3.63, 3.8) is 0 Å². The third kappa shape index (κ3) is 3.33. The molecule has 1 aromatic carbocycles. The molecule has 1 aromatic rings. The number of para-hydroxylation sites is 1. The monoisotopic (exact) mass is 277 g/mol. The SMILES string of the molecule is CC(NCc1ccccc1[N+](=O)[O-])C(=O)N1CCCC1. The molecule has 0 aliphatic carbocycles. The molecule has 1 aliphatic rings. The summed E-state index contributed by atoms with van der Waals surface area (Å²) in [6.45, 7) is 3.75. The van der Waals surface area contributed by atoms with Gasteiger partial charge in [-0.1, -0.05) is 18.2 Å². The summed E-state index contributed by atoms with van der Waals surface area (Å²) in [6, 6.07) is 6.26. The molecule has 1 aliphatic heterocycles. The van der Waals surface area contributed by atoms with Gasteiger partial charge in [-0.2, -0.15) is 0 Å². The molecule has 1 saturated heterocycles. The maximum atomic E-state index is 12.1. The van der Waals surface area contributed by atoms with Gasteiger partial charge in [-0.15, -0.1) is 0 Å². The van der Waals surface area contributed by atoms with E-state index >= 15 is 0 Å². The Morgan fingerprint density at radius 3 is 2.70 bits per heavy atom. The number of nitro groups is 1. The number of benzene rings is 1. The van der Waals surface area contributed by atoms with Gasteiger partial charge >= 0.3 is 0 Å². The van der Waals surface area contributed by atoms with Crippen LogP contribution in [0.5, 0.6) is 0 Å². The number of amides is 1. The lowest BCUT2D eigenvalue weighted by molar-refractivity contribution is -0.385. The van der Waals surface area contributed by atoms with Crippen LogP contribution in [0.1, 0.15) is 25.3 Å². The number of nitro benzene ring substituents is 1. The van der Waals surface area contributed by atoms with Gasteiger partial charge in [0.25, 0.3) is 5.69 Å². The predicted octanol–water partition coefficient (Wildman–Crippen LogP) is 1.70. The van der Waals surface area contributed by atoms with Gasteiger partial charge in [-0.3, -0.25) is 14.9 Å². The average Bonchev–Trinajstić information content (AvgIpc) is 2.98. The van der Waals surface area contributed by atoms with E-state index in [-0.39, 0.29) is 17.6 Å². The number of carbonyl (C=O) groups is 1. The Bertz CT molecular complexity index is 498. The topological polar surface area (TPSA) is 75.5 Å². The summed E-state index contributed by atoms with van der Waals surface area (Å²) in [4.78, 5) is 24.5. The fourth-order valence-corrected chi connectivity index (χ4v) is 2.40. The second-order valence-corrected chi connectivity index (χ2v) is 5.02. The fourth-order valence-electron chi connectivity index (χ4n) is 2.40. The highest BCUT2D eigenvalue weighted by atomic mass is 16.6. The van der Waals surface area contributed by atoms with E-state index in [4.69, 9.17) is 0 Å². The van der Waals surface area contributed by atoms with Crippen LogP contribution >= 0.6 is 0 Å². The van der Waals surface area contributed by atoms with Crippen LogP contribution in [0.4, 0.5) is 5.69 Å². The van der Waals surface area contributed by atoms with Crippen molar-refractivity contribution in [2.45, 2.75) is 32.4 Å². The van der Waals surface area contributed by atoms with Crippen molar-refractivity contribution < 1.29 is 9.72 Å². The van der Waals surface area contributed by atoms with E-state index in [9.17, 15) is 14.9 Å². The van der Waals surface area contributed by atoms with Crippen molar-refractivity contribution in [2.75, 3.05) is 13.1 Å². The lowest BCUT2D eigenvalue weighted by atomic mass is 10.1. The molecule has 1 heterocycles. The van der Waals surface area contributed by atoms with Crippen LogP contribution < -0.4 is 5.32 Å². The lowest BCUT2D eigenvalue weighted by Crippen LogP contribution is -2.43. The van der Waals surface area contributed by atoms with Gasteiger partial charge in [0.2, 0.25) is 5.91 Å². The maximum absolute atomic E-state index is 12.1. The van der Waals surface area contributed by atoms with Crippen LogP contribution in [0.3, 0.4) is 0 Å². The van der Waals surface area contributed by atoms with Crippen LogP contribution in [-0.4, -0.2) is 34.9 Å². The van der Waals surface area contributed by atoms with Gasteiger partial charge in [0.05, 0.1) is 11.0 Å². The zero-order valence-corrected chi connectivity index (χ0v) is 11.5. The van der Waals surface area contributed by atoms with Gasteiger partial charge in [-0.25, -0.2) is 0 Å². The van der Waals surface area contributed by atoms with E-state index < -0.39 is 4.92 Å². The highest BCUT2D eigenvalue weighted by molar-refractivity contribution is 5.81. The molecular formula is C14H19N3O3. The number of rotatable bonds is 5. The standard InChI is InChI=1S/C14H19N3O3/c1-11(14(18)16-8-4-5-9-16)15-10-12-6-2-3-7-13(12)17(19)20/h2-3,6-7,11,15H,4-5,8-10H2,1H3. The number of nitrogens with zero attached hydrogens (tertiary/aromatic N) is 2. The molecule has 6 nitrogen and oxygen atoms in total. The molecule has 0 bridgehead atoms. The van der Waals surface area contributed by atoms with E-state index in [0.717, 1.165) is 25.9 Å². The number of carbonyl (C=O) groups excluding carboxylic acids is 1. The number of likely N-dealkylation sites (tertiary alicyclic amines) is 1. The average molecular weight is 277 g/mol. The van der Waals surface area contributed by atoms with E-state index in [0.29, 0.717) is 12.1 Å². The van der Waals surface area contributed by atoms with Crippen molar-refractivity contribution in [2.24, 2.45) is 0 Å². The smallest absolute Gasteiger partial charge is 0.273 e. The van der Waals surface area contributed by atoms with Gasteiger partial charge in [0.1, 0.15) is 0 Å². The molecule has 0 spiro atoms. The molecule has 108 valence electrons. The molecule has 0 saturated carbocycles. The number of hydrogen-bond donors (Lipinski definition) is 1. The minimum atomic E-state index is -0.399. The molecule has 1 atom stereocenters. The van der Waals surface area contributed by atoms with E-state index in [1.54, 1.807) is 25.1 Å². The Kier molecular flexibility index (Phi) is 4.68. The predicted molar refractivity (Wildman–Crippen MR) is 75.2 cm³/mol. The summed E-state index contributed by atoms with van der Waals surface area (Å²) < 4.78 is 0. The Labute approximate surface area is 117 Å². The van der Waals surface area contributed by atoms with Crippen LogP contribution in [0.15, 0.2) is 24.3 Å². The normalized spacial score (nSPS) is 16.1. The van der Waals surface area contributed by atoms with E-state index in [1.807, 2.05) is 4.90 Å². The zero-order chi connectivity index (χ0) is 14.5. The Morgan fingerprint density at radius 2 is 2.05 bits per heavy atom. The van der Waals surface area contributed by atoms with Crippen molar-refractivity contribution >= 4 is 11.6 Å². The molecule has 1 N–H and O–H groups in total. The van der Waals surface area contributed by atoms with Crippen molar-refractivity contribution in [1.82, 2.24) is 10.2 Å². The third-order valence-corrected chi connectivity index (χ3v) is 3.58. The summed E-state index contributed by atoms with van der Waals surface area (Å²) in [6.07, 6.45) is 2.12. The summed E-state index contributed by atoms with van der Waals surface area (Å²) in [5.41, 5.74) is 0.680.